The van der Waals surface area contributed by atoms with Gasteiger partial charge in [-0.1, -0.05) is 24.2 Å². The van der Waals surface area contributed by atoms with Crippen molar-refractivity contribution in [3.8, 4) is 5.75 Å². The van der Waals surface area contributed by atoms with E-state index in [-0.39, 0.29) is 35.5 Å². The molecule has 4 rings (SSSR count). The van der Waals surface area contributed by atoms with Crippen LogP contribution in [-0.2, 0) is 16.0 Å². The highest BCUT2D eigenvalue weighted by Crippen LogP contribution is 2.57. The molecule has 8 heteroatoms. The van der Waals surface area contributed by atoms with E-state index in [1.54, 1.807) is 12.1 Å². The molecule has 3 aliphatic rings. The molecule has 32 heavy (non-hydrogen) atoms. The normalized spacial score (nSPS) is 26.9. The molecule has 0 spiro atoms. The van der Waals surface area contributed by atoms with Crippen LogP contribution in [0.25, 0.3) is 0 Å². The summed E-state index contributed by atoms with van der Waals surface area (Å²) in [6.45, 7) is 6.48. The molecular weight excluding hydrogens is 438 g/mol. The number of carbonyl (C=O) groups is 2. The number of hydrogen-bond donors (Lipinski definition) is 0. The van der Waals surface area contributed by atoms with Gasteiger partial charge in [0.15, 0.2) is 5.78 Å². The number of nitrogens with zero attached hydrogens (tertiary/aromatic N) is 2. The first-order valence-corrected chi connectivity index (χ1v) is 11.5. The number of halogens is 3. The molecule has 1 aromatic carbocycles. The molecule has 1 atom stereocenters. The average Bonchev–Trinajstić information content (AvgIpc) is 3.39. The molecule has 0 bridgehead atoms. The Hall–Kier alpha value is -1.99. The van der Waals surface area contributed by atoms with E-state index in [2.05, 4.69) is 11.5 Å². The van der Waals surface area contributed by atoms with E-state index >= 15 is 0 Å². The van der Waals surface area contributed by atoms with Crippen LogP contribution < -0.4 is 4.74 Å². The molecule has 3 fully saturated rings. The summed E-state index contributed by atoms with van der Waals surface area (Å²) in [6.07, 6.45) is 3.67. The van der Waals surface area contributed by atoms with E-state index in [1.807, 2.05) is 4.90 Å². The highest BCUT2D eigenvalue weighted by molar-refractivity contribution is 6.31. The Morgan fingerprint density at radius 2 is 1.91 bits per heavy atom. The van der Waals surface area contributed by atoms with Gasteiger partial charge in [-0.05, 0) is 42.5 Å². The Bertz CT molecular complexity index is 909. The summed E-state index contributed by atoms with van der Waals surface area (Å²) >= 11 is 6.20. The summed E-state index contributed by atoms with van der Waals surface area (Å²) in [5.74, 6) is -2.75. The number of allylic oxidation sites excluding steroid dienone is 1. The fraction of sp³-hybridized carbons (Fsp3) is 0.583. The van der Waals surface area contributed by atoms with Crippen molar-refractivity contribution in [1.82, 2.24) is 9.80 Å². The Balaban J connectivity index is 1.29. The lowest BCUT2D eigenvalue weighted by Crippen LogP contribution is -2.55. The number of methoxy groups -OCH3 is 1. The van der Waals surface area contributed by atoms with Crippen LogP contribution in [0.4, 0.5) is 8.78 Å². The number of benzene rings is 1. The van der Waals surface area contributed by atoms with Crippen molar-refractivity contribution < 1.29 is 23.1 Å². The van der Waals surface area contributed by atoms with Crippen molar-refractivity contribution in [1.29, 1.82) is 0 Å². The van der Waals surface area contributed by atoms with Gasteiger partial charge in [-0.2, -0.15) is 0 Å². The summed E-state index contributed by atoms with van der Waals surface area (Å²) in [5, 5.41) is 0.281. The van der Waals surface area contributed by atoms with Gasteiger partial charge in [0, 0.05) is 56.0 Å². The van der Waals surface area contributed by atoms with Gasteiger partial charge >= 0.3 is 0 Å². The van der Waals surface area contributed by atoms with Crippen LogP contribution >= 0.6 is 11.6 Å². The molecule has 2 aliphatic carbocycles. The lowest BCUT2D eigenvalue weighted by atomic mass is 9.76. The molecule has 174 valence electrons. The number of alkyl halides is 2. The predicted octanol–water partition coefficient (Wildman–Crippen LogP) is 4.08. The molecule has 5 nitrogen and oxygen atoms in total. The maximum absolute atomic E-state index is 13.6. The minimum absolute atomic E-state index is 0.0493. The fourth-order valence-corrected chi connectivity index (χ4v) is 5.13. The van der Waals surface area contributed by atoms with Crippen LogP contribution in [0.1, 0.15) is 42.7 Å². The van der Waals surface area contributed by atoms with E-state index < -0.39 is 11.8 Å². The molecule has 1 saturated heterocycles. The molecule has 1 heterocycles. The van der Waals surface area contributed by atoms with Gasteiger partial charge in [0.1, 0.15) is 5.75 Å². The standard InChI is InChI=1S/C24H29ClF2N2O3/c1-3-21(30)16-10-17(11-16)28-6-8-29(9-7-28)23(31)5-4-15-12-18(19-14-24(19,26)27)20(25)13-22(15)32-2/h3,12-13,16-17,19H,1,4-11,14H2,2H3. The van der Waals surface area contributed by atoms with E-state index in [1.165, 1.54) is 13.2 Å². The molecule has 0 N–H and O–H groups in total. The number of ketones is 1. The van der Waals surface area contributed by atoms with Gasteiger partial charge in [-0.3, -0.25) is 14.5 Å². The van der Waals surface area contributed by atoms with Gasteiger partial charge in [0.2, 0.25) is 5.91 Å². The maximum Gasteiger partial charge on any atom is 0.255 e. The zero-order valence-corrected chi connectivity index (χ0v) is 19.0. The smallest absolute Gasteiger partial charge is 0.255 e. The SMILES string of the molecule is C=CC(=O)C1CC(N2CCN(C(=O)CCc3cc(C4CC4(F)F)c(Cl)cc3OC)CC2)C1. The average molecular weight is 467 g/mol. The van der Waals surface area contributed by atoms with Gasteiger partial charge in [0.25, 0.3) is 5.92 Å². The summed E-state index contributed by atoms with van der Waals surface area (Å²) in [4.78, 5) is 28.7. The number of carbonyl (C=O) groups excluding carboxylic acids is 2. The second-order valence-electron chi connectivity index (χ2n) is 9.05. The van der Waals surface area contributed by atoms with Crippen molar-refractivity contribution >= 4 is 23.3 Å². The zero-order chi connectivity index (χ0) is 23.0. The molecule has 1 aliphatic heterocycles. The molecular formula is C24H29ClF2N2O3. The predicted molar refractivity (Wildman–Crippen MR) is 118 cm³/mol. The first-order valence-electron chi connectivity index (χ1n) is 11.2. The Morgan fingerprint density at radius 3 is 2.47 bits per heavy atom. The molecule has 0 aromatic heterocycles. The monoisotopic (exact) mass is 466 g/mol. The minimum atomic E-state index is -2.70. The molecule has 1 unspecified atom stereocenters. The van der Waals surface area contributed by atoms with Crippen LogP contribution in [0, 0.1) is 5.92 Å². The summed E-state index contributed by atoms with van der Waals surface area (Å²) < 4.78 is 32.5. The Kier molecular flexibility index (Phi) is 6.59. The first kappa shape index (κ1) is 23.2. The number of hydrogen-bond acceptors (Lipinski definition) is 4. The molecule has 0 radical (unpaired) electrons. The van der Waals surface area contributed by atoms with E-state index in [0.717, 1.165) is 31.5 Å². The number of ether oxygens (including phenoxy) is 1. The van der Waals surface area contributed by atoms with Gasteiger partial charge < -0.3 is 9.64 Å². The third-order valence-corrected chi connectivity index (χ3v) is 7.44. The van der Waals surface area contributed by atoms with Crippen molar-refractivity contribution in [3.05, 3.63) is 40.9 Å². The van der Waals surface area contributed by atoms with Crippen LogP contribution in [0.3, 0.4) is 0 Å². The molecule has 1 aromatic rings. The quantitative estimate of drug-likeness (QED) is 0.542. The lowest BCUT2D eigenvalue weighted by molar-refractivity contribution is -0.134. The number of piperazine rings is 1. The van der Waals surface area contributed by atoms with Crippen LogP contribution in [0.15, 0.2) is 24.8 Å². The van der Waals surface area contributed by atoms with Gasteiger partial charge in [-0.15, -0.1) is 0 Å². The topological polar surface area (TPSA) is 49.9 Å². The number of aryl methyl sites for hydroxylation is 1. The summed E-state index contributed by atoms with van der Waals surface area (Å²) in [5.41, 5.74) is 1.16. The zero-order valence-electron chi connectivity index (χ0n) is 18.3. The van der Waals surface area contributed by atoms with Gasteiger partial charge in [0.05, 0.1) is 13.0 Å². The Morgan fingerprint density at radius 1 is 1.25 bits per heavy atom. The first-order chi connectivity index (χ1) is 15.2. The largest absolute Gasteiger partial charge is 0.496 e. The van der Waals surface area contributed by atoms with E-state index in [0.29, 0.717) is 36.9 Å². The van der Waals surface area contributed by atoms with E-state index in [4.69, 9.17) is 16.3 Å². The van der Waals surface area contributed by atoms with Crippen molar-refractivity contribution in [2.45, 2.75) is 50.0 Å². The molecule has 1 amide bonds. The second kappa shape index (κ2) is 9.10. The lowest BCUT2D eigenvalue weighted by Gasteiger charge is -2.45. The summed E-state index contributed by atoms with van der Waals surface area (Å²) in [7, 11) is 1.51. The van der Waals surface area contributed by atoms with Crippen LogP contribution in [0.5, 0.6) is 5.75 Å². The fourth-order valence-electron chi connectivity index (χ4n) is 4.84. The summed E-state index contributed by atoms with van der Waals surface area (Å²) in [6, 6.07) is 3.67. The van der Waals surface area contributed by atoms with E-state index in [9.17, 15) is 18.4 Å². The van der Waals surface area contributed by atoms with Crippen LogP contribution in [-0.4, -0.2) is 66.7 Å². The van der Waals surface area contributed by atoms with Crippen molar-refractivity contribution in [2.75, 3.05) is 33.3 Å². The number of amides is 1. The number of rotatable bonds is 8. The molecule has 2 saturated carbocycles. The highest BCUT2D eigenvalue weighted by atomic mass is 35.5. The third-order valence-electron chi connectivity index (χ3n) is 7.11. The van der Waals surface area contributed by atoms with Crippen LogP contribution in [0.2, 0.25) is 5.02 Å². The second-order valence-corrected chi connectivity index (χ2v) is 9.46. The van der Waals surface area contributed by atoms with Crippen molar-refractivity contribution in [2.24, 2.45) is 5.92 Å². The Labute approximate surface area is 192 Å². The highest BCUT2D eigenvalue weighted by Gasteiger charge is 2.58. The minimum Gasteiger partial charge on any atom is -0.496 e. The van der Waals surface area contributed by atoms with Crippen molar-refractivity contribution in [3.63, 3.8) is 0 Å². The van der Waals surface area contributed by atoms with Gasteiger partial charge in [-0.25, -0.2) is 8.78 Å². The third kappa shape index (κ3) is 4.69. The maximum atomic E-state index is 13.6.